The number of anilines is 4. The molecule has 10 nitrogen and oxygen atoms in total. The number of aromatic nitrogens is 4. The molecule has 5 rings (SSSR count). The smallest absolute Gasteiger partial charge is 0.276 e. The van der Waals surface area contributed by atoms with Crippen LogP contribution in [-0.4, -0.2) is 31.9 Å². The van der Waals surface area contributed by atoms with Crippen LogP contribution in [-0.2, 0) is 4.79 Å². The predicted octanol–water partition coefficient (Wildman–Crippen LogP) is 3.32. The van der Waals surface area contributed by atoms with Crippen molar-refractivity contribution < 1.29 is 13.8 Å². The Morgan fingerprint density at radius 2 is 1.83 bits per heavy atom. The molecule has 2 aromatic carbocycles. The quantitative estimate of drug-likeness (QED) is 0.425. The van der Waals surface area contributed by atoms with Crippen LogP contribution < -0.4 is 16.1 Å². The van der Waals surface area contributed by atoms with Gasteiger partial charge >= 0.3 is 0 Å². The Balaban J connectivity index is 1.52. The van der Waals surface area contributed by atoms with Crippen molar-refractivity contribution in [3.8, 4) is 0 Å². The molecular weight excluding hydrogens is 415 g/mol. The summed E-state index contributed by atoms with van der Waals surface area (Å²) in [5, 5.41) is 17.1. The molecule has 0 atom stereocenters. The third-order valence-electron chi connectivity index (χ3n) is 4.22. The van der Waals surface area contributed by atoms with Gasteiger partial charge in [-0.2, -0.15) is 10.1 Å². The molecule has 1 aliphatic heterocycles. The zero-order valence-electron chi connectivity index (χ0n) is 14.8. The number of halogens is 2. The second-order valence-corrected chi connectivity index (χ2v) is 6.57. The summed E-state index contributed by atoms with van der Waals surface area (Å²) in [6.07, 6.45) is 0. The Morgan fingerprint density at radius 3 is 2.63 bits per heavy atom. The zero-order valence-corrected chi connectivity index (χ0v) is 15.6. The summed E-state index contributed by atoms with van der Waals surface area (Å²) in [6, 6.07) is 11.2. The van der Waals surface area contributed by atoms with Crippen molar-refractivity contribution in [2.75, 3.05) is 16.1 Å². The number of hydrazone groups is 1. The second kappa shape index (κ2) is 7.04. The average Bonchev–Trinajstić information content (AvgIpc) is 3.32. The van der Waals surface area contributed by atoms with E-state index in [4.69, 9.17) is 11.6 Å². The van der Waals surface area contributed by atoms with Gasteiger partial charge in [-0.05, 0) is 34.6 Å². The Kier molecular flexibility index (Phi) is 4.21. The van der Waals surface area contributed by atoms with Crippen molar-refractivity contribution >= 4 is 57.5 Å². The van der Waals surface area contributed by atoms with Gasteiger partial charge in [0.15, 0.2) is 17.3 Å². The maximum atomic E-state index is 13.4. The number of hydrogen-bond acceptors (Lipinski definition) is 9. The zero-order chi connectivity index (χ0) is 20.7. The van der Waals surface area contributed by atoms with Gasteiger partial charge < -0.3 is 10.6 Å². The van der Waals surface area contributed by atoms with Crippen LogP contribution in [0.25, 0.3) is 11.3 Å². The predicted molar refractivity (Wildman–Crippen MR) is 107 cm³/mol. The van der Waals surface area contributed by atoms with Gasteiger partial charge in [0.2, 0.25) is 11.3 Å². The normalized spacial score (nSPS) is 14.1. The standard InChI is InChI=1S/C18H10ClFN8O2/c19-10-7-8(5-6-11(10)20)21-14-15(24-17-16(23-14)27-30-28-17)26-25-13-9-3-1-2-4-12(9)22-18(13)29/h1-7H,(H,21,23,27)(H,22,25,29)(H,24,26,28). The first-order chi connectivity index (χ1) is 14.6. The van der Waals surface area contributed by atoms with Crippen LogP contribution in [0.2, 0.25) is 5.02 Å². The summed E-state index contributed by atoms with van der Waals surface area (Å²) in [6.45, 7) is 0. The van der Waals surface area contributed by atoms with Gasteiger partial charge in [0, 0.05) is 11.3 Å². The molecule has 148 valence electrons. The Labute approximate surface area is 172 Å². The Bertz CT molecular complexity index is 1340. The highest BCUT2D eigenvalue weighted by Gasteiger charge is 2.26. The maximum absolute atomic E-state index is 13.4. The summed E-state index contributed by atoms with van der Waals surface area (Å²) < 4.78 is 18.1. The highest BCUT2D eigenvalue weighted by Crippen LogP contribution is 2.27. The summed E-state index contributed by atoms with van der Waals surface area (Å²) in [4.78, 5) is 20.8. The Hall–Kier alpha value is -4.12. The topological polar surface area (TPSA) is 130 Å². The number of benzene rings is 2. The molecule has 1 aliphatic rings. The average molecular weight is 425 g/mol. The lowest BCUT2D eigenvalue weighted by Crippen LogP contribution is -2.16. The minimum absolute atomic E-state index is 0.0638. The molecule has 4 aromatic rings. The van der Waals surface area contributed by atoms with Gasteiger partial charge in [0.05, 0.1) is 10.7 Å². The molecule has 12 heteroatoms. The van der Waals surface area contributed by atoms with Gasteiger partial charge in [0.25, 0.3) is 5.91 Å². The van der Waals surface area contributed by atoms with E-state index in [1.54, 1.807) is 18.2 Å². The number of fused-ring (bicyclic) bond motifs is 2. The summed E-state index contributed by atoms with van der Waals surface area (Å²) >= 11 is 5.84. The molecule has 0 bridgehead atoms. The van der Waals surface area contributed by atoms with E-state index in [1.807, 2.05) is 6.07 Å². The van der Waals surface area contributed by atoms with Gasteiger partial charge in [-0.1, -0.05) is 29.8 Å². The fourth-order valence-electron chi connectivity index (χ4n) is 2.84. The molecule has 3 N–H and O–H groups in total. The third-order valence-corrected chi connectivity index (χ3v) is 4.51. The Morgan fingerprint density at radius 1 is 1.07 bits per heavy atom. The van der Waals surface area contributed by atoms with Gasteiger partial charge in [-0.15, -0.1) is 0 Å². The monoisotopic (exact) mass is 424 g/mol. The molecule has 1 amide bonds. The van der Waals surface area contributed by atoms with Crippen molar-refractivity contribution in [1.82, 2.24) is 20.3 Å². The SMILES string of the molecule is O=C1Nc2ccccc2/C1=N/Nc1nc2nonc2nc1Nc1ccc(F)c(Cl)c1. The van der Waals surface area contributed by atoms with E-state index in [9.17, 15) is 9.18 Å². The van der Waals surface area contributed by atoms with E-state index in [0.29, 0.717) is 16.9 Å². The van der Waals surface area contributed by atoms with Gasteiger partial charge in [0.1, 0.15) is 5.82 Å². The van der Waals surface area contributed by atoms with Crippen molar-refractivity contribution in [3.05, 3.63) is 58.9 Å². The molecular formula is C18H10ClFN8O2. The first-order valence-electron chi connectivity index (χ1n) is 8.55. The summed E-state index contributed by atoms with van der Waals surface area (Å²) in [5.41, 5.74) is 4.95. The number of carbonyl (C=O) groups is 1. The third kappa shape index (κ3) is 3.16. The van der Waals surface area contributed by atoms with Crippen LogP contribution in [0.3, 0.4) is 0 Å². The number of nitrogens with one attached hydrogen (secondary N) is 3. The van der Waals surface area contributed by atoms with Crippen molar-refractivity contribution in [3.63, 3.8) is 0 Å². The van der Waals surface area contributed by atoms with Crippen LogP contribution in [0.1, 0.15) is 5.56 Å². The largest absolute Gasteiger partial charge is 0.337 e. The van der Waals surface area contributed by atoms with E-state index in [2.05, 4.69) is 46.1 Å². The number of para-hydroxylation sites is 1. The molecule has 2 aromatic heterocycles. The second-order valence-electron chi connectivity index (χ2n) is 6.16. The van der Waals surface area contributed by atoms with Crippen LogP contribution in [0.5, 0.6) is 0 Å². The first-order valence-corrected chi connectivity index (χ1v) is 8.93. The number of rotatable bonds is 4. The lowest BCUT2D eigenvalue weighted by Gasteiger charge is -2.10. The van der Waals surface area contributed by atoms with Crippen LogP contribution >= 0.6 is 11.6 Å². The fraction of sp³-hybridized carbons (Fsp3) is 0. The lowest BCUT2D eigenvalue weighted by atomic mass is 10.1. The minimum atomic E-state index is -0.555. The summed E-state index contributed by atoms with van der Waals surface area (Å²) in [5.74, 6) is -0.582. The molecule has 0 unspecified atom stereocenters. The molecule has 0 fully saturated rings. The molecule has 3 heterocycles. The summed E-state index contributed by atoms with van der Waals surface area (Å²) in [7, 11) is 0. The van der Waals surface area contributed by atoms with E-state index < -0.39 is 5.82 Å². The number of amides is 1. The number of nitrogens with zero attached hydrogens (tertiary/aromatic N) is 5. The minimum Gasteiger partial charge on any atom is -0.337 e. The number of hydrogen-bond donors (Lipinski definition) is 3. The molecule has 0 saturated carbocycles. The molecule has 0 radical (unpaired) electrons. The molecule has 0 spiro atoms. The fourth-order valence-corrected chi connectivity index (χ4v) is 3.02. The first kappa shape index (κ1) is 17.9. The van der Waals surface area contributed by atoms with Crippen molar-refractivity contribution in [2.24, 2.45) is 5.10 Å². The van der Waals surface area contributed by atoms with E-state index in [0.717, 1.165) is 0 Å². The molecule has 30 heavy (non-hydrogen) atoms. The van der Waals surface area contributed by atoms with Crippen LogP contribution in [0, 0.1) is 5.82 Å². The van der Waals surface area contributed by atoms with Gasteiger partial charge in [-0.25, -0.2) is 14.0 Å². The van der Waals surface area contributed by atoms with Crippen LogP contribution in [0.15, 0.2) is 52.2 Å². The van der Waals surface area contributed by atoms with Crippen LogP contribution in [0.4, 0.5) is 27.4 Å². The van der Waals surface area contributed by atoms with Crippen molar-refractivity contribution in [1.29, 1.82) is 0 Å². The highest BCUT2D eigenvalue weighted by molar-refractivity contribution is 6.53. The molecule has 0 aliphatic carbocycles. The van der Waals surface area contributed by atoms with E-state index in [-0.39, 0.29) is 39.6 Å². The van der Waals surface area contributed by atoms with Crippen molar-refractivity contribution in [2.45, 2.75) is 0 Å². The van der Waals surface area contributed by atoms with Gasteiger partial charge in [-0.3, -0.25) is 10.2 Å². The number of carbonyl (C=O) groups excluding carboxylic acids is 1. The van der Waals surface area contributed by atoms with E-state index in [1.165, 1.54) is 18.2 Å². The van der Waals surface area contributed by atoms with E-state index >= 15 is 0 Å². The lowest BCUT2D eigenvalue weighted by molar-refractivity contribution is -0.110. The highest BCUT2D eigenvalue weighted by atomic mass is 35.5. The maximum Gasteiger partial charge on any atom is 0.276 e. The molecule has 0 saturated heterocycles.